The Labute approximate surface area is 122 Å². The standard InChI is InChI=1S/C17H27NO2/c1-5-10-18(11-6-2)13-16-12-15(14(4)19)8-9-17(16)20-7-3/h8-9,12H,5-7,10-11,13H2,1-4H3. The zero-order chi connectivity index (χ0) is 15.0. The molecule has 0 heterocycles. The molecule has 0 atom stereocenters. The zero-order valence-electron chi connectivity index (χ0n) is 13.2. The Balaban J connectivity index is 2.97. The summed E-state index contributed by atoms with van der Waals surface area (Å²) in [5.74, 6) is 1.00. The minimum Gasteiger partial charge on any atom is -0.494 e. The number of carbonyl (C=O) groups excluding carboxylic acids is 1. The van der Waals surface area contributed by atoms with Crippen LogP contribution in [-0.4, -0.2) is 30.4 Å². The Morgan fingerprint density at radius 2 is 1.80 bits per heavy atom. The first-order valence-corrected chi connectivity index (χ1v) is 7.61. The molecule has 3 nitrogen and oxygen atoms in total. The SMILES string of the molecule is CCCN(CCC)Cc1cc(C(C)=O)ccc1OCC. The molecule has 0 bridgehead atoms. The quantitative estimate of drug-likeness (QED) is 0.641. The summed E-state index contributed by atoms with van der Waals surface area (Å²) in [6.07, 6.45) is 2.27. The first-order valence-electron chi connectivity index (χ1n) is 7.61. The summed E-state index contributed by atoms with van der Waals surface area (Å²) in [6, 6.07) is 5.75. The van der Waals surface area contributed by atoms with E-state index in [4.69, 9.17) is 4.74 Å². The van der Waals surface area contributed by atoms with E-state index < -0.39 is 0 Å². The highest BCUT2D eigenvalue weighted by molar-refractivity contribution is 5.94. The normalized spacial score (nSPS) is 10.8. The molecule has 0 saturated carbocycles. The fraction of sp³-hybridized carbons (Fsp3) is 0.588. The number of nitrogens with zero attached hydrogens (tertiary/aromatic N) is 1. The van der Waals surface area contributed by atoms with Gasteiger partial charge in [-0.1, -0.05) is 13.8 Å². The molecule has 0 unspecified atom stereocenters. The van der Waals surface area contributed by atoms with E-state index in [9.17, 15) is 4.79 Å². The van der Waals surface area contributed by atoms with Gasteiger partial charge in [-0.2, -0.15) is 0 Å². The fourth-order valence-electron chi connectivity index (χ4n) is 2.36. The second-order valence-electron chi connectivity index (χ2n) is 5.09. The molecule has 0 N–H and O–H groups in total. The highest BCUT2D eigenvalue weighted by Crippen LogP contribution is 2.22. The van der Waals surface area contributed by atoms with E-state index in [0.717, 1.165) is 49.4 Å². The number of carbonyl (C=O) groups is 1. The van der Waals surface area contributed by atoms with Gasteiger partial charge in [0.15, 0.2) is 5.78 Å². The molecule has 3 heteroatoms. The Hall–Kier alpha value is -1.35. The Bertz CT molecular complexity index is 423. The lowest BCUT2D eigenvalue weighted by molar-refractivity contribution is 0.101. The molecule has 0 fully saturated rings. The summed E-state index contributed by atoms with van der Waals surface area (Å²) in [5, 5.41) is 0. The number of rotatable bonds is 9. The third-order valence-corrected chi connectivity index (χ3v) is 3.24. The van der Waals surface area contributed by atoms with Gasteiger partial charge in [0.05, 0.1) is 6.61 Å². The maximum absolute atomic E-state index is 11.5. The van der Waals surface area contributed by atoms with Gasteiger partial charge in [0.2, 0.25) is 0 Å². The summed E-state index contributed by atoms with van der Waals surface area (Å²) >= 11 is 0. The Morgan fingerprint density at radius 1 is 1.15 bits per heavy atom. The van der Waals surface area contributed by atoms with Crippen LogP contribution in [0.2, 0.25) is 0 Å². The van der Waals surface area contributed by atoms with Gasteiger partial charge in [0, 0.05) is 17.7 Å². The molecule has 1 aromatic carbocycles. The minimum atomic E-state index is 0.104. The van der Waals surface area contributed by atoms with Crippen LogP contribution in [0.1, 0.15) is 56.5 Å². The molecule has 0 aliphatic rings. The van der Waals surface area contributed by atoms with Crippen LogP contribution in [-0.2, 0) is 6.54 Å². The van der Waals surface area contributed by atoms with E-state index in [2.05, 4.69) is 18.7 Å². The monoisotopic (exact) mass is 277 g/mol. The van der Waals surface area contributed by atoms with E-state index >= 15 is 0 Å². The molecular formula is C17H27NO2. The van der Waals surface area contributed by atoms with Gasteiger partial charge >= 0.3 is 0 Å². The van der Waals surface area contributed by atoms with Crippen LogP contribution in [0.3, 0.4) is 0 Å². The number of ether oxygens (including phenoxy) is 1. The summed E-state index contributed by atoms with van der Waals surface area (Å²) in [7, 11) is 0. The smallest absolute Gasteiger partial charge is 0.159 e. The third kappa shape index (κ3) is 4.97. The molecule has 0 aliphatic heterocycles. The summed E-state index contributed by atoms with van der Waals surface area (Å²) in [5.41, 5.74) is 1.87. The predicted octanol–water partition coefficient (Wildman–Crippen LogP) is 3.91. The largest absolute Gasteiger partial charge is 0.494 e. The third-order valence-electron chi connectivity index (χ3n) is 3.24. The molecule has 0 aromatic heterocycles. The van der Waals surface area contributed by atoms with Crippen molar-refractivity contribution in [2.75, 3.05) is 19.7 Å². The van der Waals surface area contributed by atoms with E-state index in [1.807, 2.05) is 25.1 Å². The highest BCUT2D eigenvalue weighted by Gasteiger charge is 2.11. The maximum Gasteiger partial charge on any atom is 0.159 e. The molecule has 0 saturated heterocycles. The van der Waals surface area contributed by atoms with Crippen LogP contribution in [0.5, 0.6) is 5.75 Å². The second kappa shape index (κ2) is 8.75. The number of ketones is 1. The molecular weight excluding hydrogens is 250 g/mol. The molecule has 0 spiro atoms. The van der Waals surface area contributed by atoms with E-state index in [0.29, 0.717) is 6.61 Å². The lowest BCUT2D eigenvalue weighted by atomic mass is 10.1. The second-order valence-corrected chi connectivity index (χ2v) is 5.09. The van der Waals surface area contributed by atoms with Gasteiger partial charge < -0.3 is 4.74 Å². The summed E-state index contributed by atoms with van der Waals surface area (Å²) in [4.78, 5) is 14.0. The van der Waals surface area contributed by atoms with Gasteiger partial charge in [-0.05, 0) is 58.0 Å². The van der Waals surface area contributed by atoms with Crippen molar-refractivity contribution in [3.8, 4) is 5.75 Å². The Morgan fingerprint density at radius 3 is 2.30 bits per heavy atom. The average Bonchev–Trinajstić information content (AvgIpc) is 2.41. The van der Waals surface area contributed by atoms with Gasteiger partial charge in [-0.15, -0.1) is 0 Å². The van der Waals surface area contributed by atoms with Crippen molar-refractivity contribution in [3.63, 3.8) is 0 Å². The van der Waals surface area contributed by atoms with Crippen molar-refractivity contribution in [1.29, 1.82) is 0 Å². The van der Waals surface area contributed by atoms with Crippen molar-refractivity contribution in [2.45, 2.75) is 47.1 Å². The maximum atomic E-state index is 11.5. The van der Waals surface area contributed by atoms with Crippen molar-refractivity contribution in [2.24, 2.45) is 0 Å². The van der Waals surface area contributed by atoms with E-state index in [-0.39, 0.29) is 5.78 Å². The number of benzene rings is 1. The lowest BCUT2D eigenvalue weighted by Crippen LogP contribution is -2.25. The van der Waals surface area contributed by atoms with Crippen molar-refractivity contribution in [1.82, 2.24) is 4.90 Å². The van der Waals surface area contributed by atoms with E-state index in [1.165, 1.54) is 0 Å². The van der Waals surface area contributed by atoms with Gasteiger partial charge in [0.1, 0.15) is 5.75 Å². The molecule has 112 valence electrons. The molecule has 0 radical (unpaired) electrons. The lowest BCUT2D eigenvalue weighted by Gasteiger charge is -2.22. The Kier molecular flexibility index (Phi) is 7.31. The van der Waals surface area contributed by atoms with Crippen molar-refractivity contribution < 1.29 is 9.53 Å². The molecule has 20 heavy (non-hydrogen) atoms. The highest BCUT2D eigenvalue weighted by atomic mass is 16.5. The van der Waals surface area contributed by atoms with Crippen LogP contribution >= 0.6 is 0 Å². The van der Waals surface area contributed by atoms with Crippen LogP contribution in [0.25, 0.3) is 0 Å². The van der Waals surface area contributed by atoms with Gasteiger partial charge in [-0.3, -0.25) is 9.69 Å². The van der Waals surface area contributed by atoms with Crippen LogP contribution in [0, 0.1) is 0 Å². The van der Waals surface area contributed by atoms with Crippen LogP contribution in [0.15, 0.2) is 18.2 Å². The van der Waals surface area contributed by atoms with Gasteiger partial charge in [0.25, 0.3) is 0 Å². The predicted molar refractivity (Wildman–Crippen MR) is 83.5 cm³/mol. The molecule has 0 aliphatic carbocycles. The topological polar surface area (TPSA) is 29.5 Å². The number of hydrogen-bond acceptors (Lipinski definition) is 3. The van der Waals surface area contributed by atoms with Gasteiger partial charge in [-0.25, -0.2) is 0 Å². The first kappa shape index (κ1) is 16.7. The van der Waals surface area contributed by atoms with Crippen molar-refractivity contribution >= 4 is 5.78 Å². The summed E-state index contributed by atoms with van der Waals surface area (Å²) < 4.78 is 5.69. The molecule has 0 amide bonds. The first-order chi connectivity index (χ1) is 9.62. The fourth-order valence-corrected chi connectivity index (χ4v) is 2.36. The molecule has 1 rings (SSSR count). The van der Waals surface area contributed by atoms with Crippen LogP contribution < -0.4 is 4.74 Å². The van der Waals surface area contributed by atoms with E-state index in [1.54, 1.807) is 6.92 Å². The minimum absolute atomic E-state index is 0.104. The molecule has 1 aromatic rings. The van der Waals surface area contributed by atoms with Crippen LogP contribution in [0.4, 0.5) is 0 Å². The van der Waals surface area contributed by atoms with Crippen molar-refractivity contribution in [3.05, 3.63) is 29.3 Å². The number of Topliss-reactive ketones (excluding diaryl/α,β-unsaturated/α-hetero) is 1. The average molecular weight is 277 g/mol. The number of hydrogen-bond donors (Lipinski definition) is 0. The summed E-state index contributed by atoms with van der Waals surface area (Å²) in [6.45, 7) is 11.6. The zero-order valence-corrected chi connectivity index (χ0v) is 13.2.